The molecular weight excluding hydrogens is 224 g/mol. The van der Waals surface area contributed by atoms with Crippen molar-refractivity contribution in [3.05, 3.63) is 24.0 Å². The smallest absolute Gasteiger partial charge is 0.228 e. The molecule has 1 unspecified atom stereocenters. The van der Waals surface area contributed by atoms with Gasteiger partial charge in [0.2, 0.25) is 9.04 Å². The van der Waals surface area contributed by atoms with Crippen LogP contribution in [-0.2, 0) is 4.43 Å². The highest BCUT2D eigenvalue weighted by atomic mass is 28.3. The van der Waals surface area contributed by atoms with Gasteiger partial charge < -0.3 is 4.43 Å². The molecule has 2 heteroatoms. The molecule has 0 radical (unpaired) electrons. The minimum atomic E-state index is -0.895. The Morgan fingerprint density at radius 3 is 2.29 bits per heavy atom. The Hall–Kier alpha value is -0.503. The first-order valence-electron chi connectivity index (χ1n) is 6.72. The van der Waals surface area contributed by atoms with E-state index in [0.29, 0.717) is 11.3 Å². The van der Waals surface area contributed by atoms with Crippen LogP contribution >= 0.6 is 0 Å². The van der Waals surface area contributed by atoms with E-state index in [4.69, 9.17) is 4.43 Å². The molecule has 1 nitrogen and oxygen atoms in total. The standard InChI is InChI=1S/C15H30OSi/c1-8-13(2)14(15(3,4)5)11-9-10-12-16-17(6)7/h8,10,12,14,17H,9,11H2,1-7H3. The Morgan fingerprint density at radius 1 is 1.29 bits per heavy atom. The fourth-order valence-electron chi connectivity index (χ4n) is 2.09. The molecule has 0 rings (SSSR count). The maximum atomic E-state index is 5.54. The Balaban J connectivity index is 4.25. The van der Waals surface area contributed by atoms with Crippen molar-refractivity contribution >= 4 is 9.04 Å². The molecule has 0 saturated heterocycles. The zero-order valence-electron chi connectivity index (χ0n) is 12.7. The van der Waals surface area contributed by atoms with Gasteiger partial charge >= 0.3 is 0 Å². The monoisotopic (exact) mass is 254 g/mol. The van der Waals surface area contributed by atoms with E-state index in [1.165, 1.54) is 12.0 Å². The summed E-state index contributed by atoms with van der Waals surface area (Å²) < 4.78 is 5.54. The molecule has 0 saturated carbocycles. The topological polar surface area (TPSA) is 9.23 Å². The lowest BCUT2D eigenvalue weighted by molar-refractivity contribution is 0.265. The minimum absolute atomic E-state index is 0.345. The first-order valence-corrected chi connectivity index (χ1v) is 9.50. The van der Waals surface area contributed by atoms with Crippen LogP contribution in [0, 0.1) is 11.3 Å². The van der Waals surface area contributed by atoms with Crippen molar-refractivity contribution in [1.29, 1.82) is 0 Å². The van der Waals surface area contributed by atoms with Crippen LogP contribution in [0.5, 0.6) is 0 Å². The summed E-state index contributed by atoms with van der Waals surface area (Å²) >= 11 is 0. The number of hydrogen-bond donors (Lipinski definition) is 0. The Bertz CT molecular complexity index is 259. The predicted octanol–water partition coefficient (Wildman–Crippen LogP) is 4.91. The highest BCUT2D eigenvalue weighted by Crippen LogP contribution is 2.35. The van der Waals surface area contributed by atoms with E-state index in [1.807, 2.05) is 6.26 Å². The maximum Gasteiger partial charge on any atom is 0.228 e. The van der Waals surface area contributed by atoms with Gasteiger partial charge in [0.05, 0.1) is 6.26 Å². The van der Waals surface area contributed by atoms with Crippen LogP contribution in [0.1, 0.15) is 47.5 Å². The van der Waals surface area contributed by atoms with Gasteiger partial charge in [0.15, 0.2) is 0 Å². The second kappa shape index (κ2) is 7.75. The molecule has 0 aliphatic carbocycles. The van der Waals surface area contributed by atoms with Gasteiger partial charge in [0.25, 0.3) is 0 Å². The molecule has 17 heavy (non-hydrogen) atoms. The predicted molar refractivity (Wildman–Crippen MR) is 80.7 cm³/mol. The lowest BCUT2D eigenvalue weighted by atomic mass is 9.74. The molecule has 0 aliphatic heterocycles. The highest BCUT2D eigenvalue weighted by molar-refractivity contribution is 6.48. The SMILES string of the molecule is CC=C(C)C(CCC=CO[SiH](C)C)C(C)(C)C. The van der Waals surface area contributed by atoms with Gasteiger partial charge in [-0.1, -0.05) is 38.5 Å². The van der Waals surface area contributed by atoms with E-state index >= 15 is 0 Å². The van der Waals surface area contributed by atoms with Crippen molar-refractivity contribution in [1.82, 2.24) is 0 Å². The van der Waals surface area contributed by atoms with Crippen molar-refractivity contribution in [2.45, 2.75) is 60.6 Å². The molecule has 0 spiro atoms. The molecule has 0 fully saturated rings. The van der Waals surface area contributed by atoms with E-state index < -0.39 is 9.04 Å². The number of rotatable bonds is 6. The van der Waals surface area contributed by atoms with Crippen LogP contribution in [0.15, 0.2) is 24.0 Å². The molecular formula is C15H30OSi. The molecule has 0 aromatic heterocycles. The van der Waals surface area contributed by atoms with E-state index in [1.54, 1.807) is 0 Å². The third-order valence-corrected chi connectivity index (χ3v) is 3.82. The normalized spacial score (nSPS) is 15.6. The summed E-state index contributed by atoms with van der Waals surface area (Å²) in [5.74, 6) is 0.661. The van der Waals surface area contributed by atoms with Crippen molar-refractivity contribution in [2.24, 2.45) is 11.3 Å². The van der Waals surface area contributed by atoms with Crippen molar-refractivity contribution in [3.63, 3.8) is 0 Å². The zero-order chi connectivity index (χ0) is 13.5. The van der Waals surface area contributed by atoms with Crippen LogP contribution in [0.4, 0.5) is 0 Å². The number of hydrogen-bond acceptors (Lipinski definition) is 1. The summed E-state index contributed by atoms with van der Waals surface area (Å²) in [5.41, 5.74) is 1.85. The van der Waals surface area contributed by atoms with Crippen molar-refractivity contribution < 1.29 is 4.43 Å². The van der Waals surface area contributed by atoms with Crippen LogP contribution in [0.2, 0.25) is 13.1 Å². The van der Waals surface area contributed by atoms with Crippen LogP contribution in [-0.4, -0.2) is 9.04 Å². The summed E-state index contributed by atoms with van der Waals surface area (Å²) in [5, 5.41) is 0. The van der Waals surface area contributed by atoms with Gasteiger partial charge in [-0.15, -0.1) is 0 Å². The molecule has 100 valence electrons. The van der Waals surface area contributed by atoms with Crippen LogP contribution < -0.4 is 0 Å². The molecule has 0 heterocycles. The summed E-state index contributed by atoms with van der Waals surface area (Å²) in [6.45, 7) is 15.7. The molecule has 0 aromatic rings. The first-order chi connectivity index (χ1) is 7.79. The van der Waals surface area contributed by atoms with Crippen LogP contribution in [0.3, 0.4) is 0 Å². The molecule has 0 aliphatic rings. The lowest BCUT2D eigenvalue weighted by Gasteiger charge is -2.31. The van der Waals surface area contributed by atoms with Gasteiger partial charge in [-0.3, -0.25) is 0 Å². The number of allylic oxidation sites excluding steroid dienone is 3. The summed E-state index contributed by atoms with van der Waals surface area (Å²) in [6, 6.07) is 0. The van der Waals surface area contributed by atoms with Gasteiger partial charge in [-0.2, -0.15) is 0 Å². The van der Waals surface area contributed by atoms with E-state index in [9.17, 15) is 0 Å². The average Bonchev–Trinajstić information content (AvgIpc) is 2.20. The van der Waals surface area contributed by atoms with Gasteiger partial charge in [-0.25, -0.2) is 0 Å². The molecule has 0 aromatic carbocycles. The first kappa shape index (κ1) is 16.5. The Kier molecular flexibility index (Phi) is 7.52. The second-order valence-electron chi connectivity index (χ2n) is 6.09. The van der Waals surface area contributed by atoms with Crippen molar-refractivity contribution in [3.8, 4) is 0 Å². The molecule has 0 bridgehead atoms. The van der Waals surface area contributed by atoms with Gasteiger partial charge in [0.1, 0.15) is 0 Å². The van der Waals surface area contributed by atoms with E-state index in [2.05, 4.69) is 59.9 Å². The quantitative estimate of drug-likeness (QED) is 0.372. The lowest BCUT2D eigenvalue weighted by Crippen LogP contribution is -2.21. The average molecular weight is 254 g/mol. The molecule has 1 atom stereocenters. The third kappa shape index (κ3) is 7.43. The molecule has 0 N–H and O–H groups in total. The van der Waals surface area contributed by atoms with Crippen molar-refractivity contribution in [2.75, 3.05) is 0 Å². The molecule has 0 amide bonds. The maximum absolute atomic E-state index is 5.54. The van der Waals surface area contributed by atoms with Crippen LogP contribution in [0.25, 0.3) is 0 Å². The summed E-state index contributed by atoms with van der Waals surface area (Å²) in [7, 11) is -0.895. The second-order valence-corrected chi connectivity index (χ2v) is 8.45. The largest absolute Gasteiger partial charge is 0.553 e. The van der Waals surface area contributed by atoms with Gasteiger partial charge in [-0.05, 0) is 51.1 Å². The minimum Gasteiger partial charge on any atom is -0.553 e. The Morgan fingerprint density at radius 2 is 1.88 bits per heavy atom. The Labute approximate surface area is 110 Å². The summed E-state index contributed by atoms with van der Waals surface area (Å²) in [4.78, 5) is 0. The fraction of sp³-hybridized carbons (Fsp3) is 0.733. The fourth-order valence-corrected chi connectivity index (χ4v) is 2.51. The van der Waals surface area contributed by atoms with E-state index in [-0.39, 0.29) is 0 Å². The highest BCUT2D eigenvalue weighted by Gasteiger charge is 2.24. The zero-order valence-corrected chi connectivity index (χ0v) is 13.9. The van der Waals surface area contributed by atoms with Gasteiger partial charge in [0, 0.05) is 0 Å². The summed E-state index contributed by atoms with van der Waals surface area (Å²) in [6.07, 6.45) is 8.64. The third-order valence-electron chi connectivity index (χ3n) is 3.12. The van der Waals surface area contributed by atoms with E-state index in [0.717, 1.165) is 6.42 Å².